The molecule has 0 spiro atoms. The Morgan fingerprint density at radius 1 is 1.24 bits per heavy atom. The van der Waals surface area contributed by atoms with E-state index in [4.69, 9.17) is 4.74 Å². The Morgan fingerprint density at radius 3 is 2.56 bits per heavy atom. The molecule has 0 atom stereocenters. The lowest BCUT2D eigenvalue weighted by molar-refractivity contribution is 0.317. The largest absolute Gasteiger partial charge is 0.491 e. The first-order chi connectivity index (χ1) is 11.6. The van der Waals surface area contributed by atoms with Crippen LogP contribution in [0.15, 0.2) is 29.4 Å². The Morgan fingerprint density at radius 2 is 1.96 bits per heavy atom. The average Bonchev–Trinajstić information content (AvgIpc) is 3.04. The number of aryl methyl sites for hydroxylation is 3. The van der Waals surface area contributed by atoms with Gasteiger partial charge in [0.15, 0.2) is 5.96 Å². The molecule has 0 aliphatic rings. The van der Waals surface area contributed by atoms with E-state index in [1.165, 1.54) is 4.88 Å². The molecule has 0 fully saturated rings. The van der Waals surface area contributed by atoms with E-state index in [0.29, 0.717) is 19.7 Å². The number of hydrogen-bond acceptors (Lipinski definition) is 4. The molecule has 138 valence electrons. The van der Waals surface area contributed by atoms with Crippen LogP contribution in [0.2, 0.25) is 0 Å². The quantitative estimate of drug-likeness (QED) is 0.278. The van der Waals surface area contributed by atoms with E-state index < -0.39 is 0 Å². The standard InChI is InChI=1S/C18H26N4OS.HI/c1-5-15-11-21-16(24-15)12-22-18(19-4)20-9-10-23-17-13(2)7-6-8-14(17)3;/h6-8,11H,5,9-10,12H2,1-4H3,(H2,19,20,22);1H. The highest BCUT2D eigenvalue weighted by Crippen LogP contribution is 2.21. The first-order valence-electron chi connectivity index (χ1n) is 8.21. The zero-order valence-electron chi connectivity index (χ0n) is 15.3. The molecule has 0 aliphatic heterocycles. The van der Waals surface area contributed by atoms with Gasteiger partial charge in [0.05, 0.1) is 13.1 Å². The number of halogens is 1. The molecule has 1 heterocycles. The van der Waals surface area contributed by atoms with Crippen molar-refractivity contribution in [1.82, 2.24) is 15.6 Å². The summed E-state index contributed by atoms with van der Waals surface area (Å²) in [4.78, 5) is 9.93. The molecule has 1 aromatic carbocycles. The zero-order chi connectivity index (χ0) is 17.4. The van der Waals surface area contributed by atoms with Crippen LogP contribution in [-0.2, 0) is 13.0 Å². The van der Waals surface area contributed by atoms with Crippen LogP contribution >= 0.6 is 35.3 Å². The molecule has 0 aliphatic carbocycles. The number of aliphatic imine (C=N–C) groups is 1. The first kappa shape index (κ1) is 21.7. The molecule has 7 heteroatoms. The zero-order valence-corrected chi connectivity index (χ0v) is 18.4. The van der Waals surface area contributed by atoms with Gasteiger partial charge in [-0.3, -0.25) is 4.99 Å². The van der Waals surface area contributed by atoms with Gasteiger partial charge in [0, 0.05) is 18.1 Å². The summed E-state index contributed by atoms with van der Waals surface area (Å²) in [6.45, 7) is 8.22. The van der Waals surface area contributed by atoms with E-state index >= 15 is 0 Å². The van der Waals surface area contributed by atoms with Crippen molar-refractivity contribution in [3.63, 3.8) is 0 Å². The van der Waals surface area contributed by atoms with Crippen molar-refractivity contribution in [1.29, 1.82) is 0 Å². The minimum atomic E-state index is 0. The van der Waals surface area contributed by atoms with Crippen LogP contribution < -0.4 is 15.4 Å². The van der Waals surface area contributed by atoms with Gasteiger partial charge in [0.2, 0.25) is 0 Å². The molecule has 0 bridgehead atoms. The van der Waals surface area contributed by atoms with Crippen molar-refractivity contribution >= 4 is 41.3 Å². The summed E-state index contributed by atoms with van der Waals surface area (Å²) in [7, 11) is 1.76. The van der Waals surface area contributed by atoms with E-state index in [1.54, 1.807) is 18.4 Å². The van der Waals surface area contributed by atoms with Crippen molar-refractivity contribution in [2.75, 3.05) is 20.2 Å². The molecule has 2 rings (SSSR count). The van der Waals surface area contributed by atoms with Crippen LogP contribution in [0.5, 0.6) is 5.75 Å². The van der Waals surface area contributed by atoms with Gasteiger partial charge in [-0.25, -0.2) is 4.98 Å². The molecule has 2 N–H and O–H groups in total. The van der Waals surface area contributed by atoms with E-state index in [-0.39, 0.29) is 24.0 Å². The number of benzene rings is 1. The van der Waals surface area contributed by atoms with Crippen LogP contribution in [0.3, 0.4) is 0 Å². The number of para-hydroxylation sites is 1. The fourth-order valence-electron chi connectivity index (χ4n) is 2.32. The number of nitrogens with zero attached hydrogens (tertiary/aromatic N) is 2. The van der Waals surface area contributed by atoms with Crippen molar-refractivity contribution in [3.05, 3.63) is 45.4 Å². The number of ether oxygens (including phenoxy) is 1. The van der Waals surface area contributed by atoms with Crippen LogP contribution in [0.1, 0.15) is 27.9 Å². The van der Waals surface area contributed by atoms with Crippen LogP contribution in [-0.4, -0.2) is 31.1 Å². The van der Waals surface area contributed by atoms with Crippen molar-refractivity contribution in [2.24, 2.45) is 4.99 Å². The smallest absolute Gasteiger partial charge is 0.191 e. The number of rotatable bonds is 7. The number of hydrogen-bond donors (Lipinski definition) is 2. The van der Waals surface area contributed by atoms with Gasteiger partial charge in [-0.15, -0.1) is 35.3 Å². The highest BCUT2D eigenvalue weighted by Gasteiger charge is 2.04. The Kier molecular flexibility index (Phi) is 9.81. The minimum Gasteiger partial charge on any atom is -0.491 e. The second-order valence-electron chi connectivity index (χ2n) is 5.50. The molecule has 0 radical (unpaired) electrons. The fourth-order valence-corrected chi connectivity index (χ4v) is 3.12. The summed E-state index contributed by atoms with van der Waals surface area (Å²) < 4.78 is 5.89. The fraction of sp³-hybridized carbons (Fsp3) is 0.444. The molecule has 2 aromatic rings. The maximum Gasteiger partial charge on any atom is 0.191 e. The summed E-state index contributed by atoms with van der Waals surface area (Å²) in [5.74, 6) is 1.73. The van der Waals surface area contributed by atoms with Crippen molar-refractivity contribution < 1.29 is 4.74 Å². The Bertz CT molecular complexity index is 667. The van der Waals surface area contributed by atoms with Gasteiger partial charge in [0.1, 0.15) is 17.4 Å². The maximum absolute atomic E-state index is 5.89. The molecular weight excluding hydrogens is 447 g/mol. The highest BCUT2D eigenvalue weighted by atomic mass is 127. The van der Waals surface area contributed by atoms with Gasteiger partial charge in [-0.1, -0.05) is 25.1 Å². The molecule has 0 saturated heterocycles. The highest BCUT2D eigenvalue weighted by molar-refractivity contribution is 14.0. The third kappa shape index (κ3) is 6.81. The maximum atomic E-state index is 5.89. The van der Waals surface area contributed by atoms with Gasteiger partial charge in [-0.05, 0) is 31.4 Å². The van der Waals surface area contributed by atoms with Gasteiger partial charge in [-0.2, -0.15) is 0 Å². The summed E-state index contributed by atoms with van der Waals surface area (Å²) in [6, 6.07) is 6.17. The van der Waals surface area contributed by atoms with Crippen molar-refractivity contribution in [3.8, 4) is 5.75 Å². The van der Waals surface area contributed by atoms with Gasteiger partial charge >= 0.3 is 0 Å². The second kappa shape index (κ2) is 11.3. The monoisotopic (exact) mass is 474 g/mol. The van der Waals surface area contributed by atoms with E-state index in [0.717, 1.165) is 34.3 Å². The summed E-state index contributed by atoms with van der Waals surface area (Å²) in [5, 5.41) is 7.61. The summed E-state index contributed by atoms with van der Waals surface area (Å²) in [5.41, 5.74) is 2.32. The average molecular weight is 474 g/mol. The Balaban J connectivity index is 0.00000312. The lowest BCUT2D eigenvalue weighted by Gasteiger charge is -2.14. The van der Waals surface area contributed by atoms with Crippen LogP contribution in [0, 0.1) is 13.8 Å². The van der Waals surface area contributed by atoms with E-state index in [2.05, 4.69) is 53.5 Å². The van der Waals surface area contributed by atoms with E-state index in [9.17, 15) is 0 Å². The lowest BCUT2D eigenvalue weighted by Crippen LogP contribution is -2.38. The molecule has 5 nitrogen and oxygen atoms in total. The molecule has 25 heavy (non-hydrogen) atoms. The van der Waals surface area contributed by atoms with Crippen LogP contribution in [0.4, 0.5) is 0 Å². The summed E-state index contributed by atoms with van der Waals surface area (Å²) >= 11 is 1.73. The molecule has 0 amide bonds. The molecular formula is C18H27IN4OS. The normalized spacial score (nSPS) is 11.0. The molecule has 0 unspecified atom stereocenters. The van der Waals surface area contributed by atoms with Gasteiger partial charge in [0.25, 0.3) is 0 Å². The lowest BCUT2D eigenvalue weighted by atomic mass is 10.1. The minimum absolute atomic E-state index is 0. The number of guanidine groups is 1. The molecule has 1 aromatic heterocycles. The van der Waals surface area contributed by atoms with Gasteiger partial charge < -0.3 is 15.4 Å². The topological polar surface area (TPSA) is 58.5 Å². The number of nitrogens with one attached hydrogen (secondary N) is 2. The predicted molar refractivity (Wildman–Crippen MR) is 117 cm³/mol. The predicted octanol–water partition coefficient (Wildman–Crippen LogP) is 3.68. The van der Waals surface area contributed by atoms with Crippen molar-refractivity contribution in [2.45, 2.75) is 33.7 Å². The summed E-state index contributed by atoms with van der Waals surface area (Å²) in [6.07, 6.45) is 2.97. The first-order valence-corrected chi connectivity index (χ1v) is 9.02. The Labute approximate surface area is 171 Å². The molecule has 0 saturated carbocycles. The van der Waals surface area contributed by atoms with Crippen LogP contribution in [0.25, 0.3) is 0 Å². The number of aromatic nitrogens is 1. The SMILES string of the molecule is CCc1cnc(CNC(=NC)NCCOc2c(C)cccc2C)s1.I. The third-order valence-electron chi connectivity index (χ3n) is 3.63. The number of thiazole rings is 1. The third-order valence-corrected chi connectivity index (χ3v) is 4.77. The second-order valence-corrected chi connectivity index (χ2v) is 6.70. The van der Waals surface area contributed by atoms with E-state index in [1.807, 2.05) is 12.3 Å². The Hall–Kier alpha value is -1.35.